The molecule has 0 saturated carbocycles. The molecule has 0 amide bonds. The van der Waals surface area contributed by atoms with E-state index in [-0.39, 0.29) is 0 Å². The summed E-state index contributed by atoms with van der Waals surface area (Å²) in [5, 5.41) is 4.77. The minimum absolute atomic E-state index is 0.457. The van der Waals surface area contributed by atoms with E-state index in [0.29, 0.717) is 5.92 Å². The van der Waals surface area contributed by atoms with E-state index in [9.17, 15) is 0 Å². The molecule has 3 aromatic rings. The Morgan fingerprint density at radius 2 is 1.84 bits per heavy atom. The number of hydrogen-bond donors (Lipinski definition) is 0. The highest BCUT2D eigenvalue weighted by molar-refractivity contribution is 5.64. The molecule has 5 heteroatoms. The molecule has 1 saturated heterocycles. The van der Waals surface area contributed by atoms with Crippen LogP contribution in [0.15, 0.2) is 48.7 Å². The predicted octanol–water partition coefficient (Wildman–Crippen LogP) is 3.22. The van der Waals surface area contributed by atoms with Crippen LogP contribution in [0.4, 0.5) is 0 Å². The van der Waals surface area contributed by atoms with Crippen molar-refractivity contribution in [3.05, 3.63) is 54.5 Å². The van der Waals surface area contributed by atoms with Gasteiger partial charge in [0.2, 0.25) is 0 Å². The van der Waals surface area contributed by atoms with Gasteiger partial charge in [0.05, 0.1) is 6.61 Å². The molecule has 1 fully saturated rings. The fraction of sp³-hybridized carbons (Fsp3) is 0.400. The lowest BCUT2D eigenvalue weighted by Crippen LogP contribution is -2.35. The molecule has 25 heavy (non-hydrogen) atoms. The third-order valence-electron chi connectivity index (χ3n) is 5.02. The molecule has 0 unspecified atom stereocenters. The van der Waals surface area contributed by atoms with Crippen LogP contribution in [0.3, 0.4) is 0 Å². The summed E-state index contributed by atoms with van der Waals surface area (Å²) in [7, 11) is 1.76. The lowest BCUT2D eigenvalue weighted by atomic mass is 9.96. The quantitative estimate of drug-likeness (QED) is 0.717. The zero-order valence-electron chi connectivity index (χ0n) is 14.6. The monoisotopic (exact) mass is 336 g/mol. The lowest BCUT2D eigenvalue weighted by molar-refractivity contribution is 0.129. The van der Waals surface area contributed by atoms with Gasteiger partial charge in [0.15, 0.2) is 11.5 Å². The molecule has 130 valence electrons. The number of ether oxygens (including phenoxy) is 1. The van der Waals surface area contributed by atoms with E-state index in [0.717, 1.165) is 50.6 Å². The number of likely N-dealkylation sites (tertiary alicyclic amines) is 1. The van der Waals surface area contributed by atoms with Gasteiger partial charge in [-0.2, -0.15) is 5.10 Å². The minimum Gasteiger partial charge on any atom is -0.383 e. The molecule has 0 atom stereocenters. The first kappa shape index (κ1) is 16.2. The summed E-state index contributed by atoms with van der Waals surface area (Å²) in [4.78, 5) is 7.23. The highest BCUT2D eigenvalue weighted by atomic mass is 16.5. The molecule has 0 N–H and O–H groups in total. The Morgan fingerprint density at radius 3 is 2.60 bits per heavy atom. The largest absolute Gasteiger partial charge is 0.383 e. The topological polar surface area (TPSA) is 42.7 Å². The first-order chi connectivity index (χ1) is 12.3. The molecule has 1 aliphatic heterocycles. The Morgan fingerprint density at radius 1 is 1.04 bits per heavy atom. The van der Waals surface area contributed by atoms with Crippen LogP contribution in [-0.4, -0.2) is 52.8 Å². The summed E-state index contributed by atoms with van der Waals surface area (Å²) in [6, 6.07) is 14.6. The Bertz CT molecular complexity index is 822. The second-order valence-electron chi connectivity index (χ2n) is 6.67. The predicted molar refractivity (Wildman–Crippen MR) is 98.7 cm³/mol. The van der Waals surface area contributed by atoms with Crippen molar-refractivity contribution >= 4 is 5.65 Å². The number of nitrogens with zero attached hydrogens (tertiary/aromatic N) is 4. The number of aromatic nitrogens is 3. The first-order valence-corrected chi connectivity index (χ1v) is 8.96. The van der Waals surface area contributed by atoms with Crippen LogP contribution in [0.25, 0.3) is 16.8 Å². The number of pyridine rings is 1. The van der Waals surface area contributed by atoms with Gasteiger partial charge in [-0.15, -0.1) is 0 Å². The molecule has 2 aromatic heterocycles. The fourth-order valence-corrected chi connectivity index (χ4v) is 3.51. The van der Waals surface area contributed by atoms with Crippen molar-refractivity contribution in [3.8, 4) is 11.1 Å². The van der Waals surface area contributed by atoms with Crippen LogP contribution in [0.5, 0.6) is 0 Å². The molecule has 0 radical (unpaired) electrons. The van der Waals surface area contributed by atoms with Crippen molar-refractivity contribution in [1.29, 1.82) is 0 Å². The number of fused-ring (bicyclic) bond motifs is 1. The summed E-state index contributed by atoms with van der Waals surface area (Å²) < 4.78 is 7.10. The van der Waals surface area contributed by atoms with Crippen molar-refractivity contribution in [2.24, 2.45) is 0 Å². The third kappa shape index (κ3) is 3.57. The molecular formula is C20H24N4O. The van der Waals surface area contributed by atoms with Gasteiger partial charge < -0.3 is 9.64 Å². The maximum absolute atomic E-state index is 5.17. The van der Waals surface area contributed by atoms with E-state index in [2.05, 4.69) is 47.5 Å². The first-order valence-electron chi connectivity index (χ1n) is 8.96. The maximum atomic E-state index is 5.17. The fourth-order valence-electron chi connectivity index (χ4n) is 3.51. The normalized spacial score (nSPS) is 16.5. The number of methoxy groups -OCH3 is 1. The second kappa shape index (κ2) is 7.33. The van der Waals surface area contributed by atoms with Crippen LogP contribution in [0.1, 0.15) is 24.6 Å². The van der Waals surface area contributed by atoms with E-state index in [1.54, 1.807) is 7.11 Å². The van der Waals surface area contributed by atoms with E-state index < -0.39 is 0 Å². The summed E-state index contributed by atoms with van der Waals surface area (Å²) in [5.41, 5.74) is 3.29. The molecule has 5 nitrogen and oxygen atoms in total. The van der Waals surface area contributed by atoms with Gasteiger partial charge in [0, 0.05) is 31.3 Å². The molecule has 0 bridgehead atoms. The molecule has 0 aliphatic carbocycles. The van der Waals surface area contributed by atoms with E-state index in [4.69, 9.17) is 14.8 Å². The standard InChI is InChI=1S/C20H24N4O/c1-25-14-13-23-11-9-17(10-12-23)20-21-19-8-7-18(15-24(19)22-20)16-5-3-2-4-6-16/h2-8,15,17H,9-14H2,1H3. The maximum Gasteiger partial charge on any atom is 0.155 e. The Labute approximate surface area is 148 Å². The average Bonchev–Trinajstić information content (AvgIpc) is 3.11. The average molecular weight is 336 g/mol. The molecule has 4 rings (SSSR count). The van der Waals surface area contributed by atoms with E-state index >= 15 is 0 Å². The lowest BCUT2D eigenvalue weighted by Gasteiger charge is -2.30. The summed E-state index contributed by atoms with van der Waals surface area (Å²) in [6.07, 6.45) is 4.31. The van der Waals surface area contributed by atoms with Gasteiger partial charge in [0.25, 0.3) is 0 Å². The minimum atomic E-state index is 0.457. The molecule has 1 aliphatic rings. The van der Waals surface area contributed by atoms with Crippen LogP contribution < -0.4 is 0 Å². The van der Waals surface area contributed by atoms with Crippen molar-refractivity contribution in [1.82, 2.24) is 19.5 Å². The van der Waals surface area contributed by atoms with Crippen molar-refractivity contribution in [2.75, 3.05) is 33.4 Å². The molecule has 0 spiro atoms. The number of rotatable bonds is 5. The van der Waals surface area contributed by atoms with Crippen molar-refractivity contribution in [3.63, 3.8) is 0 Å². The third-order valence-corrected chi connectivity index (χ3v) is 5.02. The van der Waals surface area contributed by atoms with Crippen LogP contribution in [0, 0.1) is 0 Å². The van der Waals surface area contributed by atoms with Crippen molar-refractivity contribution < 1.29 is 4.74 Å². The van der Waals surface area contributed by atoms with Crippen LogP contribution in [-0.2, 0) is 4.74 Å². The number of hydrogen-bond acceptors (Lipinski definition) is 4. The summed E-state index contributed by atoms with van der Waals surface area (Å²) in [5.74, 6) is 1.44. The van der Waals surface area contributed by atoms with E-state index in [1.807, 2.05) is 10.6 Å². The number of piperidine rings is 1. The van der Waals surface area contributed by atoms with Gasteiger partial charge in [-0.25, -0.2) is 9.50 Å². The second-order valence-corrected chi connectivity index (χ2v) is 6.67. The van der Waals surface area contributed by atoms with Gasteiger partial charge in [-0.05, 0) is 43.6 Å². The summed E-state index contributed by atoms with van der Waals surface area (Å²) in [6.45, 7) is 4.01. The summed E-state index contributed by atoms with van der Waals surface area (Å²) >= 11 is 0. The van der Waals surface area contributed by atoms with Crippen LogP contribution in [0.2, 0.25) is 0 Å². The van der Waals surface area contributed by atoms with E-state index in [1.165, 1.54) is 11.1 Å². The van der Waals surface area contributed by atoms with Gasteiger partial charge in [-0.3, -0.25) is 0 Å². The molecule has 3 heterocycles. The molecular weight excluding hydrogens is 312 g/mol. The van der Waals surface area contributed by atoms with Gasteiger partial charge in [0.1, 0.15) is 0 Å². The Balaban J connectivity index is 1.50. The highest BCUT2D eigenvalue weighted by Gasteiger charge is 2.23. The van der Waals surface area contributed by atoms with Gasteiger partial charge >= 0.3 is 0 Å². The highest BCUT2D eigenvalue weighted by Crippen LogP contribution is 2.26. The Kier molecular flexibility index (Phi) is 4.76. The van der Waals surface area contributed by atoms with Gasteiger partial charge in [-0.1, -0.05) is 30.3 Å². The zero-order chi connectivity index (χ0) is 17.1. The van der Waals surface area contributed by atoms with Crippen molar-refractivity contribution in [2.45, 2.75) is 18.8 Å². The zero-order valence-corrected chi connectivity index (χ0v) is 14.6. The smallest absolute Gasteiger partial charge is 0.155 e. The number of benzene rings is 1. The Hall–Kier alpha value is -2.24. The molecule has 1 aromatic carbocycles. The van der Waals surface area contributed by atoms with Crippen LogP contribution >= 0.6 is 0 Å². The SMILES string of the molecule is COCCN1CCC(c2nc3ccc(-c4ccccc4)cn3n2)CC1.